The molecule has 0 saturated carbocycles. The van der Waals surface area contributed by atoms with Crippen molar-refractivity contribution in [2.75, 3.05) is 0 Å². The number of carbonyl (C=O) groups excluding carboxylic acids is 1. The summed E-state index contributed by atoms with van der Waals surface area (Å²) in [4.78, 5) is 10.6. The van der Waals surface area contributed by atoms with Crippen molar-refractivity contribution in [2.45, 2.75) is 20.4 Å². The maximum absolute atomic E-state index is 10.6. The number of carbonyl (C=O) groups is 1. The maximum atomic E-state index is 10.6. The minimum absolute atomic E-state index is 0.652. The van der Waals surface area contributed by atoms with Crippen LogP contribution in [0.4, 0.5) is 0 Å². The third-order valence-corrected chi connectivity index (χ3v) is 2.50. The van der Waals surface area contributed by atoms with Gasteiger partial charge in [0.25, 0.3) is 0 Å². The largest absolute Gasteiger partial charge is 0.454 e. The molecular formula is C13H14N2O2. The second-order valence-electron chi connectivity index (χ2n) is 3.78. The van der Waals surface area contributed by atoms with Crippen molar-refractivity contribution in [2.24, 2.45) is 0 Å². The van der Waals surface area contributed by atoms with E-state index in [2.05, 4.69) is 5.10 Å². The predicted octanol–water partition coefficient (Wildman–Crippen LogP) is 2.82. The van der Waals surface area contributed by atoms with Crippen LogP contribution in [0.1, 0.15) is 22.8 Å². The number of nitrogens with zero attached hydrogens (tertiary/aromatic N) is 2. The highest BCUT2D eigenvalue weighted by Crippen LogP contribution is 2.24. The van der Waals surface area contributed by atoms with E-state index in [-0.39, 0.29) is 0 Å². The molecule has 0 saturated heterocycles. The predicted molar refractivity (Wildman–Crippen MR) is 64.5 cm³/mol. The molecule has 1 aromatic carbocycles. The molecule has 0 aliphatic heterocycles. The first kappa shape index (κ1) is 11.4. The third kappa shape index (κ3) is 2.53. The molecule has 0 bridgehead atoms. The molecule has 4 nitrogen and oxygen atoms in total. The molecule has 2 aromatic rings. The lowest BCUT2D eigenvalue weighted by Gasteiger charge is -2.06. The summed E-state index contributed by atoms with van der Waals surface area (Å²) in [7, 11) is 0. The number of hydrogen-bond acceptors (Lipinski definition) is 3. The molecule has 4 heteroatoms. The average molecular weight is 230 g/mol. The molecule has 0 N–H and O–H groups in total. The summed E-state index contributed by atoms with van der Waals surface area (Å²) in [5, 5.41) is 4.13. The van der Waals surface area contributed by atoms with Gasteiger partial charge in [-0.05, 0) is 37.6 Å². The van der Waals surface area contributed by atoms with Crippen molar-refractivity contribution in [1.29, 1.82) is 0 Å². The number of aromatic nitrogens is 2. The summed E-state index contributed by atoms with van der Waals surface area (Å²) in [6, 6.07) is 5.33. The zero-order valence-electron chi connectivity index (χ0n) is 9.88. The standard InChI is InChI=1S/C13H14N2O2/c1-3-15-8-12(7-14-15)17-13-5-4-11(9-16)6-10(13)2/h4-9H,3H2,1-2H3. The van der Waals surface area contributed by atoms with Crippen LogP contribution in [0.25, 0.3) is 0 Å². The van der Waals surface area contributed by atoms with Crippen LogP contribution >= 0.6 is 0 Å². The first-order valence-electron chi connectivity index (χ1n) is 5.49. The van der Waals surface area contributed by atoms with Crippen LogP contribution in [0.15, 0.2) is 30.6 Å². The van der Waals surface area contributed by atoms with Crippen LogP contribution in [0.2, 0.25) is 0 Å². The molecule has 88 valence electrons. The molecule has 2 rings (SSSR count). The molecule has 0 aliphatic carbocycles. The normalized spacial score (nSPS) is 10.2. The van der Waals surface area contributed by atoms with Crippen molar-refractivity contribution >= 4 is 6.29 Å². The van der Waals surface area contributed by atoms with Gasteiger partial charge in [-0.15, -0.1) is 0 Å². The minimum Gasteiger partial charge on any atom is -0.454 e. The van der Waals surface area contributed by atoms with Crippen LogP contribution in [-0.4, -0.2) is 16.1 Å². The van der Waals surface area contributed by atoms with Gasteiger partial charge < -0.3 is 4.74 Å². The van der Waals surface area contributed by atoms with E-state index in [0.29, 0.717) is 11.3 Å². The van der Waals surface area contributed by atoms with E-state index in [1.54, 1.807) is 29.1 Å². The smallest absolute Gasteiger partial charge is 0.165 e. The molecular weight excluding hydrogens is 216 g/mol. The average Bonchev–Trinajstić information content (AvgIpc) is 2.79. The highest BCUT2D eigenvalue weighted by Gasteiger charge is 2.04. The van der Waals surface area contributed by atoms with Gasteiger partial charge in [-0.3, -0.25) is 9.48 Å². The Kier molecular flexibility index (Phi) is 3.23. The molecule has 0 aliphatic rings. The van der Waals surface area contributed by atoms with Crippen molar-refractivity contribution < 1.29 is 9.53 Å². The second-order valence-corrected chi connectivity index (χ2v) is 3.78. The number of aryl methyl sites for hydroxylation is 2. The van der Waals surface area contributed by atoms with Crippen molar-refractivity contribution in [3.05, 3.63) is 41.7 Å². The van der Waals surface area contributed by atoms with Gasteiger partial charge in [-0.25, -0.2) is 0 Å². The monoisotopic (exact) mass is 230 g/mol. The Bertz CT molecular complexity index is 532. The fourth-order valence-corrected chi connectivity index (χ4v) is 1.56. The van der Waals surface area contributed by atoms with Crippen molar-refractivity contribution in [3.63, 3.8) is 0 Å². The molecule has 17 heavy (non-hydrogen) atoms. The van der Waals surface area contributed by atoms with Gasteiger partial charge in [-0.1, -0.05) is 0 Å². The number of ether oxygens (including phenoxy) is 1. The van der Waals surface area contributed by atoms with Crippen molar-refractivity contribution in [1.82, 2.24) is 9.78 Å². The van der Waals surface area contributed by atoms with E-state index in [4.69, 9.17) is 4.74 Å². The molecule has 1 heterocycles. The van der Waals surface area contributed by atoms with E-state index in [9.17, 15) is 4.79 Å². The fourth-order valence-electron chi connectivity index (χ4n) is 1.56. The molecule has 0 spiro atoms. The molecule has 0 fully saturated rings. The lowest BCUT2D eigenvalue weighted by molar-refractivity contribution is 0.112. The van der Waals surface area contributed by atoms with E-state index in [1.165, 1.54) is 0 Å². The Balaban J connectivity index is 2.20. The van der Waals surface area contributed by atoms with Crippen molar-refractivity contribution in [3.8, 4) is 11.5 Å². The lowest BCUT2D eigenvalue weighted by Crippen LogP contribution is -1.92. The first-order chi connectivity index (χ1) is 8.22. The summed E-state index contributed by atoms with van der Waals surface area (Å²) in [5.41, 5.74) is 1.58. The number of aldehydes is 1. The summed E-state index contributed by atoms with van der Waals surface area (Å²) in [6.07, 6.45) is 4.34. The Hall–Kier alpha value is -2.10. The van der Waals surface area contributed by atoms with E-state index in [0.717, 1.165) is 24.1 Å². The topological polar surface area (TPSA) is 44.1 Å². The van der Waals surface area contributed by atoms with Crippen LogP contribution in [0.5, 0.6) is 11.5 Å². The van der Waals surface area contributed by atoms with Crippen LogP contribution in [-0.2, 0) is 6.54 Å². The summed E-state index contributed by atoms with van der Waals surface area (Å²) in [5.74, 6) is 1.44. The zero-order valence-corrected chi connectivity index (χ0v) is 9.88. The Labute approximate surface area is 99.8 Å². The van der Waals surface area contributed by atoms with E-state index in [1.807, 2.05) is 20.0 Å². The second kappa shape index (κ2) is 4.82. The number of hydrogen-bond donors (Lipinski definition) is 0. The molecule has 1 aromatic heterocycles. The van der Waals surface area contributed by atoms with Gasteiger partial charge in [0.15, 0.2) is 5.75 Å². The Morgan fingerprint density at radius 1 is 1.47 bits per heavy atom. The van der Waals surface area contributed by atoms with Gasteiger partial charge in [0.05, 0.1) is 12.4 Å². The van der Waals surface area contributed by atoms with Crippen LogP contribution in [0.3, 0.4) is 0 Å². The van der Waals surface area contributed by atoms with Gasteiger partial charge in [0.1, 0.15) is 12.0 Å². The quantitative estimate of drug-likeness (QED) is 0.758. The summed E-state index contributed by atoms with van der Waals surface area (Å²) < 4.78 is 7.49. The number of benzene rings is 1. The number of rotatable bonds is 4. The fraction of sp³-hybridized carbons (Fsp3) is 0.231. The molecule has 0 amide bonds. The maximum Gasteiger partial charge on any atom is 0.165 e. The van der Waals surface area contributed by atoms with Gasteiger partial charge >= 0.3 is 0 Å². The highest BCUT2D eigenvalue weighted by atomic mass is 16.5. The zero-order chi connectivity index (χ0) is 12.3. The molecule has 0 radical (unpaired) electrons. The van der Waals surface area contributed by atoms with Crippen LogP contribution < -0.4 is 4.74 Å². The van der Waals surface area contributed by atoms with Gasteiger partial charge in [-0.2, -0.15) is 5.10 Å². The lowest BCUT2D eigenvalue weighted by atomic mass is 10.1. The summed E-state index contributed by atoms with van der Waals surface area (Å²) >= 11 is 0. The third-order valence-electron chi connectivity index (χ3n) is 2.50. The minimum atomic E-state index is 0.652. The van der Waals surface area contributed by atoms with E-state index >= 15 is 0 Å². The van der Waals surface area contributed by atoms with Gasteiger partial charge in [0, 0.05) is 12.1 Å². The first-order valence-corrected chi connectivity index (χ1v) is 5.49. The van der Waals surface area contributed by atoms with Crippen LogP contribution in [0, 0.1) is 6.92 Å². The van der Waals surface area contributed by atoms with Gasteiger partial charge in [0.2, 0.25) is 0 Å². The Morgan fingerprint density at radius 3 is 2.88 bits per heavy atom. The molecule has 0 unspecified atom stereocenters. The summed E-state index contributed by atoms with van der Waals surface area (Å²) in [6.45, 7) is 4.74. The Morgan fingerprint density at radius 2 is 2.29 bits per heavy atom. The highest BCUT2D eigenvalue weighted by molar-refractivity contribution is 5.75. The van der Waals surface area contributed by atoms with E-state index < -0.39 is 0 Å². The SMILES string of the molecule is CCn1cc(Oc2ccc(C=O)cc2C)cn1. The molecule has 0 atom stereocenters.